The van der Waals surface area contributed by atoms with Crippen molar-refractivity contribution in [1.82, 2.24) is 15.5 Å². The molecule has 0 unspecified atom stereocenters. The maximum absolute atomic E-state index is 12.5. The van der Waals surface area contributed by atoms with Gasteiger partial charge in [0.2, 0.25) is 0 Å². The van der Waals surface area contributed by atoms with Crippen LogP contribution in [-0.2, 0) is 5.41 Å². The standard InChI is InChI=1S/C24H31N3O3/c1-17-4-5-20(14-18(17)2)24(9-3-10-24)16-25-23(29)26-21-6-11-27(12-7-21)22(28)19-8-13-30-15-19/h4-5,8,13-15,21H,3,6-7,9-12,16H2,1-2H3,(H2,25,26,29). The minimum absolute atomic E-state index is 0.00744. The summed E-state index contributed by atoms with van der Waals surface area (Å²) in [4.78, 5) is 26.7. The number of hydrogen-bond donors (Lipinski definition) is 2. The zero-order valence-electron chi connectivity index (χ0n) is 17.9. The molecule has 1 saturated carbocycles. The first kappa shape index (κ1) is 20.5. The third-order valence-electron chi connectivity index (χ3n) is 6.90. The molecule has 6 nitrogen and oxygen atoms in total. The summed E-state index contributed by atoms with van der Waals surface area (Å²) in [5.74, 6) is -0.00744. The number of carbonyl (C=O) groups excluding carboxylic acids is 2. The second-order valence-corrected chi connectivity index (χ2v) is 8.84. The van der Waals surface area contributed by atoms with Crippen LogP contribution in [0.3, 0.4) is 0 Å². The lowest BCUT2D eigenvalue weighted by molar-refractivity contribution is 0.0707. The van der Waals surface area contributed by atoms with Crippen molar-refractivity contribution in [1.29, 1.82) is 0 Å². The van der Waals surface area contributed by atoms with Gasteiger partial charge in [-0.1, -0.05) is 24.6 Å². The van der Waals surface area contributed by atoms with E-state index in [4.69, 9.17) is 4.42 Å². The first-order valence-corrected chi connectivity index (χ1v) is 10.9. The highest BCUT2D eigenvalue weighted by molar-refractivity contribution is 5.93. The Hall–Kier alpha value is -2.76. The summed E-state index contributed by atoms with van der Waals surface area (Å²) in [5.41, 5.74) is 4.59. The van der Waals surface area contributed by atoms with Gasteiger partial charge in [-0.2, -0.15) is 0 Å². The van der Waals surface area contributed by atoms with Gasteiger partial charge in [0, 0.05) is 31.1 Å². The Labute approximate surface area is 178 Å². The fourth-order valence-corrected chi connectivity index (χ4v) is 4.52. The Kier molecular flexibility index (Phi) is 5.84. The average molecular weight is 410 g/mol. The zero-order valence-corrected chi connectivity index (χ0v) is 17.9. The van der Waals surface area contributed by atoms with Gasteiger partial charge in [-0.3, -0.25) is 4.79 Å². The van der Waals surface area contributed by atoms with E-state index in [1.165, 1.54) is 35.6 Å². The number of rotatable bonds is 5. The van der Waals surface area contributed by atoms with Gasteiger partial charge < -0.3 is 20.0 Å². The predicted octanol–water partition coefficient (Wildman–Crippen LogP) is 3.92. The molecule has 0 spiro atoms. The number of urea groups is 1. The molecule has 2 N–H and O–H groups in total. The van der Waals surface area contributed by atoms with Gasteiger partial charge in [0.1, 0.15) is 6.26 Å². The Morgan fingerprint density at radius 1 is 1.13 bits per heavy atom. The second kappa shape index (κ2) is 8.54. The molecule has 2 fully saturated rings. The number of nitrogens with zero attached hydrogens (tertiary/aromatic N) is 1. The maximum Gasteiger partial charge on any atom is 0.315 e. The fraction of sp³-hybridized carbons (Fsp3) is 0.500. The van der Waals surface area contributed by atoms with Crippen LogP contribution in [0.5, 0.6) is 0 Å². The van der Waals surface area contributed by atoms with Gasteiger partial charge in [0.05, 0.1) is 11.8 Å². The summed E-state index contributed by atoms with van der Waals surface area (Å²) in [5, 5.41) is 6.22. The molecule has 2 aromatic rings. The summed E-state index contributed by atoms with van der Waals surface area (Å²) in [6.45, 7) is 6.23. The minimum Gasteiger partial charge on any atom is -0.472 e. The number of nitrogens with one attached hydrogen (secondary N) is 2. The smallest absolute Gasteiger partial charge is 0.315 e. The lowest BCUT2D eigenvalue weighted by Crippen LogP contribution is -2.52. The molecular formula is C24H31N3O3. The third kappa shape index (κ3) is 4.23. The van der Waals surface area contributed by atoms with Crippen LogP contribution < -0.4 is 10.6 Å². The summed E-state index contributed by atoms with van der Waals surface area (Å²) in [6, 6.07) is 8.35. The molecular weight excluding hydrogens is 378 g/mol. The Morgan fingerprint density at radius 3 is 2.50 bits per heavy atom. The van der Waals surface area contributed by atoms with E-state index < -0.39 is 0 Å². The van der Waals surface area contributed by atoms with E-state index in [0.29, 0.717) is 25.2 Å². The highest BCUT2D eigenvalue weighted by Gasteiger charge is 2.39. The van der Waals surface area contributed by atoms with E-state index in [-0.39, 0.29) is 23.4 Å². The number of hydrogen-bond acceptors (Lipinski definition) is 3. The Balaban J connectivity index is 1.26. The average Bonchev–Trinajstić information content (AvgIpc) is 3.24. The molecule has 3 amide bonds. The summed E-state index contributed by atoms with van der Waals surface area (Å²) in [7, 11) is 0. The molecule has 2 aliphatic rings. The van der Waals surface area contributed by atoms with Crippen molar-refractivity contribution in [3.63, 3.8) is 0 Å². The van der Waals surface area contributed by atoms with Crippen molar-refractivity contribution in [2.75, 3.05) is 19.6 Å². The number of benzene rings is 1. The van der Waals surface area contributed by atoms with Gasteiger partial charge >= 0.3 is 6.03 Å². The molecule has 1 aromatic heterocycles. The molecule has 160 valence electrons. The first-order valence-electron chi connectivity index (χ1n) is 10.9. The van der Waals surface area contributed by atoms with E-state index >= 15 is 0 Å². The van der Waals surface area contributed by atoms with E-state index in [2.05, 4.69) is 42.7 Å². The lowest BCUT2D eigenvalue weighted by atomic mass is 9.64. The van der Waals surface area contributed by atoms with Gasteiger partial charge in [-0.25, -0.2) is 4.79 Å². The van der Waals surface area contributed by atoms with Gasteiger partial charge in [0.25, 0.3) is 5.91 Å². The van der Waals surface area contributed by atoms with Crippen molar-refractivity contribution in [3.8, 4) is 0 Å². The molecule has 1 aliphatic carbocycles. The second-order valence-electron chi connectivity index (χ2n) is 8.84. The van der Waals surface area contributed by atoms with Crippen LogP contribution in [0, 0.1) is 13.8 Å². The number of piperidine rings is 1. The summed E-state index contributed by atoms with van der Waals surface area (Å²) in [6.07, 6.45) is 7.96. The summed E-state index contributed by atoms with van der Waals surface area (Å²) < 4.78 is 5.00. The summed E-state index contributed by atoms with van der Waals surface area (Å²) >= 11 is 0. The van der Waals surface area contributed by atoms with Crippen molar-refractivity contribution in [2.24, 2.45) is 0 Å². The highest BCUT2D eigenvalue weighted by Crippen LogP contribution is 2.43. The monoisotopic (exact) mass is 409 g/mol. The van der Waals surface area contributed by atoms with Crippen molar-refractivity contribution < 1.29 is 14.0 Å². The Bertz CT molecular complexity index is 894. The minimum atomic E-state index is -0.107. The molecule has 6 heteroatoms. The van der Waals surface area contributed by atoms with Crippen LogP contribution in [0.4, 0.5) is 4.79 Å². The Morgan fingerprint density at radius 2 is 1.90 bits per heavy atom. The third-order valence-corrected chi connectivity index (χ3v) is 6.90. The van der Waals surface area contributed by atoms with Crippen molar-refractivity contribution in [3.05, 3.63) is 59.0 Å². The number of furan rings is 1. The van der Waals surface area contributed by atoms with Gasteiger partial charge in [-0.05, 0) is 62.3 Å². The van der Waals surface area contributed by atoms with Crippen LogP contribution in [0.15, 0.2) is 41.2 Å². The number of likely N-dealkylation sites (tertiary alicyclic amines) is 1. The van der Waals surface area contributed by atoms with Gasteiger partial charge in [-0.15, -0.1) is 0 Å². The largest absolute Gasteiger partial charge is 0.472 e. The molecule has 1 aliphatic heterocycles. The molecule has 0 radical (unpaired) electrons. The number of carbonyl (C=O) groups is 2. The van der Waals surface area contributed by atoms with Gasteiger partial charge in [0.15, 0.2) is 0 Å². The first-order chi connectivity index (χ1) is 14.5. The predicted molar refractivity (Wildman–Crippen MR) is 116 cm³/mol. The molecule has 2 heterocycles. The van der Waals surface area contributed by atoms with Crippen LogP contribution in [0.2, 0.25) is 0 Å². The fourth-order valence-electron chi connectivity index (χ4n) is 4.52. The topological polar surface area (TPSA) is 74.6 Å². The quantitative estimate of drug-likeness (QED) is 0.786. The molecule has 4 rings (SSSR count). The van der Waals surface area contributed by atoms with Crippen LogP contribution >= 0.6 is 0 Å². The highest BCUT2D eigenvalue weighted by atomic mass is 16.3. The van der Waals surface area contributed by atoms with Crippen LogP contribution in [0.1, 0.15) is 59.2 Å². The molecule has 1 aromatic carbocycles. The molecule has 0 atom stereocenters. The van der Waals surface area contributed by atoms with Crippen molar-refractivity contribution >= 4 is 11.9 Å². The van der Waals surface area contributed by atoms with Crippen LogP contribution in [-0.4, -0.2) is 42.5 Å². The lowest BCUT2D eigenvalue weighted by Gasteiger charge is -2.43. The van der Waals surface area contributed by atoms with E-state index in [1.807, 2.05) is 4.90 Å². The molecule has 0 bridgehead atoms. The van der Waals surface area contributed by atoms with Crippen LogP contribution in [0.25, 0.3) is 0 Å². The van der Waals surface area contributed by atoms with E-state index in [9.17, 15) is 9.59 Å². The zero-order chi connectivity index (χ0) is 21.1. The van der Waals surface area contributed by atoms with Crippen molar-refractivity contribution in [2.45, 2.75) is 57.4 Å². The normalized spacial score (nSPS) is 18.5. The molecule has 1 saturated heterocycles. The SMILES string of the molecule is Cc1ccc(C2(CNC(=O)NC3CCN(C(=O)c4ccoc4)CC3)CCC2)cc1C. The number of aryl methyl sites for hydroxylation is 2. The van der Waals surface area contributed by atoms with E-state index in [0.717, 1.165) is 25.7 Å². The molecule has 30 heavy (non-hydrogen) atoms. The number of amides is 3. The maximum atomic E-state index is 12.5. The van der Waals surface area contributed by atoms with E-state index in [1.54, 1.807) is 6.07 Å².